The van der Waals surface area contributed by atoms with E-state index in [1.807, 2.05) is 59.9 Å². The van der Waals surface area contributed by atoms with Crippen molar-refractivity contribution in [3.63, 3.8) is 0 Å². The number of rotatable bonds is 0. The van der Waals surface area contributed by atoms with E-state index in [0.29, 0.717) is 0 Å². The van der Waals surface area contributed by atoms with E-state index in [0.717, 1.165) is 33.2 Å². The molecular weight excluding hydrogens is 733 g/mol. The van der Waals surface area contributed by atoms with Crippen LogP contribution in [0, 0.1) is 4.51 Å². The van der Waals surface area contributed by atoms with Crippen molar-refractivity contribution in [1.82, 2.24) is 0 Å². The zero-order valence-corrected chi connectivity index (χ0v) is 32.9. The Labute approximate surface area is 335 Å². The fourth-order valence-corrected chi connectivity index (χ4v) is 13.0. The van der Waals surface area contributed by atoms with Crippen LogP contribution in [0.1, 0.15) is 46.2 Å². The van der Waals surface area contributed by atoms with Crippen molar-refractivity contribution in [2.75, 3.05) is 11.5 Å². The van der Waals surface area contributed by atoms with Crippen LogP contribution in [0.2, 0.25) is 0 Å². The van der Waals surface area contributed by atoms with Crippen molar-refractivity contribution in [2.24, 2.45) is 10.9 Å². The van der Waals surface area contributed by atoms with Crippen LogP contribution in [-0.2, 0) is 9.49 Å². The number of nitrogens with two attached hydrogens (primary N) is 1. The summed E-state index contributed by atoms with van der Waals surface area (Å²) in [6.45, 7) is 0. The predicted octanol–water partition coefficient (Wildman–Crippen LogP) is 13.1. The molecule has 54 heavy (non-hydrogen) atoms. The molecule has 264 valence electrons. The first-order valence-corrected chi connectivity index (χ1v) is 21.5. The van der Waals surface area contributed by atoms with Crippen LogP contribution < -0.4 is 5.84 Å². The lowest BCUT2D eigenvalue weighted by atomic mass is 9.74. The van der Waals surface area contributed by atoms with E-state index in [-0.39, 0.29) is 9.49 Å². The minimum absolute atomic E-state index is 0.0285. The van der Waals surface area contributed by atoms with Crippen LogP contribution in [0.25, 0.3) is 33.7 Å². The molecule has 11 rings (SSSR count). The van der Waals surface area contributed by atoms with Crippen LogP contribution in [0.3, 0.4) is 0 Å². The highest BCUT2D eigenvalue weighted by Gasteiger charge is 2.72. The summed E-state index contributed by atoms with van der Waals surface area (Å²) in [4.78, 5) is 2.77. The van der Waals surface area contributed by atoms with E-state index in [2.05, 4.69) is 150 Å². The molecule has 3 heterocycles. The van der Waals surface area contributed by atoms with Gasteiger partial charge in [0.25, 0.3) is 0 Å². The van der Waals surface area contributed by atoms with Gasteiger partial charge in [-0.1, -0.05) is 170 Å². The summed E-state index contributed by atoms with van der Waals surface area (Å²) in [6.07, 6.45) is 6.82. The lowest BCUT2D eigenvalue weighted by Gasteiger charge is -2.30. The van der Waals surface area contributed by atoms with E-state index in [1.165, 1.54) is 66.1 Å². The first-order valence-electron chi connectivity index (χ1n) is 18.3. The van der Waals surface area contributed by atoms with Gasteiger partial charge in [-0.3, -0.25) is 0 Å². The Morgan fingerprint density at radius 2 is 1.06 bits per heavy atom. The Hall–Kier alpha value is -4.59. The summed E-state index contributed by atoms with van der Waals surface area (Å²) < 4.78 is 1.13. The second kappa shape index (κ2) is 14.9. The molecule has 2 nitrogen and oxygen atoms in total. The molecule has 0 radical (unpaired) electrons. The maximum absolute atomic E-state index is 5.56. The fourth-order valence-electron chi connectivity index (χ4n) is 8.25. The highest BCUT2D eigenvalue weighted by atomic mass is 32.2. The molecule has 1 unspecified atom stereocenters. The number of benzene rings is 6. The van der Waals surface area contributed by atoms with Crippen LogP contribution in [-0.4, -0.2) is 17.2 Å². The lowest BCUT2D eigenvalue weighted by Crippen LogP contribution is -2.28. The SMILES string of the molecule is C1=Cc2ccccc2C2(SC23CCSc2ccccc23)c2ccccc21.N/N=C1/CCSc2ccccc21.S=c1c2ccccc2ccc2ccccc12. The summed E-state index contributed by atoms with van der Waals surface area (Å²) in [7, 11) is 0. The molecule has 7 aromatic rings. The van der Waals surface area contributed by atoms with Crippen molar-refractivity contribution < 1.29 is 0 Å². The molecule has 1 fully saturated rings. The summed E-state index contributed by atoms with van der Waals surface area (Å²) in [5.74, 6) is 7.59. The quantitative estimate of drug-likeness (QED) is 0.0720. The molecule has 2 spiro atoms. The maximum atomic E-state index is 5.56. The number of hydrogen-bond acceptors (Lipinski definition) is 6. The van der Waals surface area contributed by atoms with E-state index in [9.17, 15) is 0 Å². The second-order valence-corrected chi connectivity index (χ2v) is 17.9. The van der Waals surface area contributed by atoms with E-state index in [1.54, 1.807) is 0 Å². The van der Waals surface area contributed by atoms with Crippen LogP contribution in [0.15, 0.2) is 173 Å². The van der Waals surface area contributed by atoms with Crippen molar-refractivity contribution in [2.45, 2.75) is 32.1 Å². The van der Waals surface area contributed by atoms with Crippen LogP contribution in [0.5, 0.6) is 0 Å². The topological polar surface area (TPSA) is 38.4 Å². The van der Waals surface area contributed by atoms with Gasteiger partial charge < -0.3 is 5.84 Å². The molecule has 3 aliphatic heterocycles. The fraction of sp³-hybridized carbons (Fsp3) is 0.125. The molecule has 0 saturated carbocycles. The van der Waals surface area contributed by atoms with Crippen LogP contribution >= 0.6 is 47.5 Å². The van der Waals surface area contributed by atoms with E-state index >= 15 is 0 Å². The van der Waals surface area contributed by atoms with Gasteiger partial charge in [-0.15, -0.1) is 35.3 Å². The molecule has 0 bridgehead atoms. The number of fused-ring (bicyclic) bond motifs is 10. The predicted molar refractivity (Wildman–Crippen MR) is 238 cm³/mol. The molecule has 0 aromatic heterocycles. The number of hydrazone groups is 1. The van der Waals surface area contributed by atoms with Gasteiger partial charge in [0, 0.05) is 38.3 Å². The van der Waals surface area contributed by atoms with Crippen molar-refractivity contribution in [1.29, 1.82) is 0 Å². The summed E-state index contributed by atoms with van der Waals surface area (Å²) >= 11 is 11.6. The highest BCUT2D eigenvalue weighted by molar-refractivity contribution is 8.09. The summed E-state index contributed by atoms with van der Waals surface area (Å²) in [5.41, 5.74) is 9.46. The summed E-state index contributed by atoms with van der Waals surface area (Å²) in [6, 6.07) is 56.1. The monoisotopic (exact) mass is 770 g/mol. The van der Waals surface area contributed by atoms with Crippen molar-refractivity contribution in [3.8, 4) is 0 Å². The van der Waals surface area contributed by atoms with Gasteiger partial charge in [-0.05, 0) is 62.9 Å². The van der Waals surface area contributed by atoms with Gasteiger partial charge in [-0.25, -0.2) is 0 Å². The average molecular weight is 771 g/mol. The Morgan fingerprint density at radius 1 is 0.537 bits per heavy atom. The second-order valence-electron chi connectivity index (χ2n) is 13.7. The Morgan fingerprint density at radius 3 is 1.70 bits per heavy atom. The molecule has 1 saturated heterocycles. The molecule has 0 amide bonds. The number of nitrogens with zero attached hydrogens (tertiary/aromatic N) is 1. The third-order valence-corrected chi connectivity index (χ3v) is 15.4. The Balaban J connectivity index is 0.000000117. The molecular formula is C48H38N2S4. The molecule has 1 aliphatic carbocycles. The number of thioether (sulfide) groups is 3. The van der Waals surface area contributed by atoms with Gasteiger partial charge in [0.2, 0.25) is 0 Å². The molecule has 6 heteroatoms. The first kappa shape index (κ1) is 35.1. The third-order valence-electron chi connectivity index (χ3n) is 10.8. The van der Waals surface area contributed by atoms with Gasteiger partial charge in [0.05, 0.1) is 19.7 Å². The molecule has 7 aromatic carbocycles. The van der Waals surface area contributed by atoms with Crippen molar-refractivity contribution >= 4 is 86.9 Å². The van der Waals surface area contributed by atoms with E-state index < -0.39 is 0 Å². The summed E-state index contributed by atoms with van der Waals surface area (Å²) in [5, 5.41) is 8.49. The molecule has 1 atom stereocenters. The smallest absolute Gasteiger partial charge is 0.0866 e. The molecule has 4 aliphatic rings. The Kier molecular flexibility index (Phi) is 9.70. The minimum atomic E-state index is 0.0285. The van der Waals surface area contributed by atoms with Gasteiger partial charge >= 0.3 is 0 Å². The third kappa shape index (κ3) is 6.10. The largest absolute Gasteiger partial charge is 0.323 e. The van der Waals surface area contributed by atoms with Crippen LogP contribution in [0.4, 0.5) is 0 Å². The lowest BCUT2D eigenvalue weighted by molar-refractivity contribution is 0.569. The Bertz CT molecular complexity index is 2560. The van der Waals surface area contributed by atoms with Crippen molar-refractivity contribution in [3.05, 3.63) is 196 Å². The minimum Gasteiger partial charge on any atom is -0.323 e. The normalized spacial score (nSPS) is 18.9. The zero-order valence-electron chi connectivity index (χ0n) is 29.7. The maximum Gasteiger partial charge on any atom is 0.0866 e. The van der Waals surface area contributed by atoms with E-state index in [4.69, 9.17) is 18.1 Å². The number of hydrogen-bond donors (Lipinski definition) is 1. The average Bonchev–Trinajstić information content (AvgIpc) is 3.96. The highest BCUT2D eigenvalue weighted by Crippen LogP contribution is 2.82. The first-order chi connectivity index (χ1) is 26.6. The van der Waals surface area contributed by atoms with Gasteiger partial charge in [0.1, 0.15) is 0 Å². The van der Waals surface area contributed by atoms with Gasteiger partial charge in [0.15, 0.2) is 0 Å². The van der Waals surface area contributed by atoms with Gasteiger partial charge in [-0.2, -0.15) is 5.10 Å². The molecule has 2 N–H and O–H groups in total. The zero-order chi connectivity index (χ0) is 36.5. The standard InChI is InChI=1S/C24H18S2.C15H10S.C9H10N2S/c1-3-9-19-17(7-1)13-14-18-8-2-4-10-20(18)24(19)23(26-24)15-16-25-22-12-6-5-11-21(22)23;16-15-13-7-3-1-5-11(13)9-10-12-6-2-4-8-14(12)15;10-11-8-5-6-12-9-4-2-1-3-7(8)9/h1-14H,15-16H2;1-10H;1-4H,5-6,10H2/b;;11-8-.